The van der Waals surface area contributed by atoms with Crippen LogP contribution in [-0.4, -0.2) is 36.6 Å². The highest BCUT2D eigenvalue weighted by atomic mass is 16.5. The van der Waals surface area contributed by atoms with E-state index < -0.39 is 0 Å². The lowest BCUT2D eigenvalue weighted by Crippen LogP contribution is -2.30. The van der Waals surface area contributed by atoms with Gasteiger partial charge in [-0.1, -0.05) is 6.92 Å². The molecule has 0 bridgehead atoms. The van der Waals surface area contributed by atoms with Crippen molar-refractivity contribution in [3.05, 3.63) is 18.0 Å². The Kier molecular flexibility index (Phi) is 5.49. The minimum Gasteiger partial charge on any atom is -0.384 e. The molecule has 1 heterocycles. The molecular weight excluding hydrogens is 202 g/mol. The van der Waals surface area contributed by atoms with E-state index in [-0.39, 0.29) is 0 Å². The average molecular weight is 225 g/mol. The van der Waals surface area contributed by atoms with Crippen LogP contribution in [0.1, 0.15) is 19.0 Å². The Morgan fingerprint density at radius 2 is 2.31 bits per heavy atom. The van der Waals surface area contributed by atoms with Crippen molar-refractivity contribution >= 4 is 0 Å². The van der Waals surface area contributed by atoms with Gasteiger partial charge in [-0.25, -0.2) is 0 Å². The highest BCUT2D eigenvalue weighted by Crippen LogP contribution is 2.10. The average Bonchev–Trinajstić information content (AvgIpc) is 2.63. The van der Waals surface area contributed by atoms with Crippen molar-refractivity contribution in [3.8, 4) is 0 Å². The molecule has 4 heteroatoms. The zero-order valence-corrected chi connectivity index (χ0v) is 10.7. The van der Waals surface area contributed by atoms with Gasteiger partial charge in [0.25, 0.3) is 0 Å². The molecule has 0 saturated carbocycles. The van der Waals surface area contributed by atoms with Crippen LogP contribution in [-0.2, 0) is 18.2 Å². The Bertz CT molecular complexity index is 298. The first kappa shape index (κ1) is 13.2. The number of aryl methyl sites for hydroxylation is 1. The summed E-state index contributed by atoms with van der Waals surface area (Å²) in [6.07, 6.45) is 4.08. The minimum absolute atomic E-state index is 0.472. The van der Waals surface area contributed by atoms with Crippen LogP contribution in [0.3, 0.4) is 0 Å². The van der Waals surface area contributed by atoms with Gasteiger partial charge < -0.3 is 10.1 Å². The first-order valence-electron chi connectivity index (χ1n) is 5.80. The summed E-state index contributed by atoms with van der Waals surface area (Å²) in [5.74, 6) is 0.575. The Balaban J connectivity index is 2.42. The SMILES string of the molecule is CNC(Cc1ccn(C)n1)CC(C)COC. The molecule has 2 atom stereocenters. The fourth-order valence-corrected chi connectivity index (χ4v) is 1.97. The van der Waals surface area contributed by atoms with Crippen LogP contribution in [0, 0.1) is 5.92 Å². The van der Waals surface area contributed by atoms with Gasteiger partial charge in [-0.2, -0.15) is 5.10 Å². The number of aromatic nitrogens is 2. The van der Waals surface area contributed by atoms with Gasteiger partial charge in [-0.15, -0.1) is 0 Å². The van der Waals surface area contributed by atoms with Gasteiger partial charge >= 0.3 is 0 Å². The van der Waals surface area contributed by atoms with Gasteiger partial charge in [0.05, 0.1) is 5.69 Å². The largest absolute Gasteiger partial charge is 0.384 e. The van der Waals surface area contributed by atoms with Crippen LogP contribution in [0.25, 0.3) is 0 Å². The molecule has 2 unspecified atom stereocenters. The second kappa shape index (κ2) is 6.66. The zero-order chi connectivity index (χ0) is 12.0. The minimum atomic E-state index is 0.472. The number of hydrogen-bond acceptors (Lipinski definition) is 3. The Labute approximate surface area is 98.0 Å². The topological polar surface area (TPSA) is 39.1 Å². The van der Waals surface area contributed by atoms with Crippen molar-refractivity contribution in [2.75, 3.05) is 20.8 Å². The van der Waals surface area contributed by atoms with Crippen LogP contribution in [0.4, 0.5) is 0 Å². The molecule has 0 aliphatic carbocycles. The molecule has 1 N–H and O–H groups in total. The van der Waals surface area contributed by atoms with E-state index in [0.29, 0.717) is 12.0 Å². The molecule has 1 rings (SSSR count). The van der Waals surface area contributed by atoms with Crippen molar-refractivity contribution in [1.82, 2.24) is 15.1 Å². The third-order valence-electron chi connectivity index (χ3n) is 2.77. The van der Waals surface area contributed by atoms with E-state index in [1.54, 1.807) is 7.11 Å². The van der Waals surface area contributed by atoms with Crippen LogP contribution >= 0.6 is 0 Å². The molecule has 0 fully saturated rings. The van der Waals surface area contributed by atoms with E-state index in [9.17, 15) is 0 Å². The molecule has 0 aliphatic rings. The lowest BCUT2D eigenvalue weighted by atomic mass is 9.99. The molecule has 4 nitrogen and oxygen atoms in total. The normalized spacial score (nSPS) is 15.0. The van der Waals surface area contributed by atoms with Gasteiger partial charge in [0.2, 0.25) is 0 Å². The highest BCUT2D eigenvalue weighted by Gasteiger charge is 2.13. The van der Waals surface area contributed by atoms with E-state index in [4.69, 9.17) is 4.74 Å². The summed E-state index contributed by atoms with van der Waals surface area (Å²) < 4.78 is 7.00. The van der Waals surface area contributed by atoms with Gasteiger partial charge in [0.1, 0.15) is 0 Å². The predicted octanol–water partition coefficient (Wildman–Crippen LogP) is 1.22. The Morgan fingerprint density at radius 1 is 1.56 bits per heavy atom. The van der Waals surface area contributed by atoms with E-state index in [1.165, 1.54) is 0 Å². The van der Waals surface area contributed by atoms with E-state index in [0.717, 1.165) is 25.1 Å². The number of ether oxygens (including phenoxy) is 1. The zero-order valence-electron chi connectivity index (χ0n) is 10.7. The maximum Gasteiger partial charge on any atom is 0.0639 e. The molecule has 1 aromatic rings. The summed E-state index contributed by atoms with van der Waals surface area (Å²) in [7, 11) is 5.71. The third-order valence-corrected chi connectivity index (χ3v) is 2.77. The lowest BCUT2D eigenvalue weighted by Gasteiger charge is -2.19. The molecule has 0 saturated heterocycles. The second-order valence-corrected chi connectivity index (χ2v) is 4.47. The summed E-state index contributed by atoms with van der Waals surface area (Å²) in [5.41, 5.74) is 1.14. The maximum absolute atomic E-state index is 5.16. The van der Waals surface area contributed by atoms with Gasteiger partial charge in [-0.05, 0) is 25.5 Å². The van der Waals surface area contributed by atoms with Crippen molar-refractivity contribution in [2.24, 2.45) is 13.0 Å². The van der Waals surface area contributed by atoms with E-state index >= 15 is 0 Å². The van der Waals surface area contributed by atoms with Gasteiger partial charge in [0, 0.05) is 39.4 Å². The summed E-state index contributed by atoms with van der Waals surface area (Å²) >= 11 is 0. The van der Waals surface area contributed by atoms with Crippen LogP contribution in [0.2, 0.25) is 0 Å². The number of nitrogens with zero attached hydrogens (tertiary/aromatic N) is 2. The summed E-state index contributed by atoms with van der Waals surface area (Å²) in [4.78, 5) is 0. The fourth-order valence-electron chi connectivity index (χ4n) is 1.97. The van der Waals surface area contributed by atoms with E-state index in [1.807, 2.05) is 25.0 Å². The molecule has 92 valence electrons. The molecule has 0 aliphatic heterocycles. The number of methoxy groups -OCH3 is 1. The predicted molar refractivity (Wildman–Crippen MR) is 65.4 cm³/mol. The molecule has 0 spiro atoms. The Morgan fingerprint density at radius 3 is 2.81 bits per heavy atom. The molecule has 0 aromatic carbocycles. The van der Waals surface area contributed by atoms with Crippen molar-refractivity contribution in [2.45, 2.75) is 25.8 Å². The van der Waals surface area contributed by atoms with Gasteiger partial charge in [0.15, 0.2) is 0 Å². The van der Waals surface area contributed by atoms with Crippen LogP contribution in [0.15, 0.2) is 12.3 Å². The summed E-state index contributed by atoms with van der Waals surface area (Å²) in [6, 6.07) is 2.55. The fraction of sp³-hybridized carbons (Fsp3) is 0.750. The van der Waals surface area contributed by atoms with Crippen LogP contribution < -0.4 is 5.32 Å². The standard InChI is InChI=1S/C12H23N3O/c1-10(9-16-4)7-12(13-2)8-11-5-6-15(3)14-11/h5-6,10,12-13H,7-9H2,1-4H3. The maximum atomic E-state index is 5.16. The number of rotatable bonds is 7. The number of nitrogens with one attached hydrogen (secondary N) is 1. The summed E-state index contributed by atoms with van der Waals surface area (Å²) in [5, 5.41) is 7.74. The molecular formula is C12H23N3O. The quantitative estimate of drug-likeness (QED) is 0.758. The van der Waals surface area contributed by atoms with Crippen LogP contribution in [0.5, 0.6) is 0 Å². The molecule has 16 heavy (non-hydrogen) atoms. The summed E-state index contributed by atoms with van der Waals surface area (Å²) in [6.45, 7) is 3.03. The molecule has 1 aromatic heterocycles. The highest BCUT2D eigenvalue weighted by molar-refractivity contribution is 5.01. The monoisotopic (exact) mass is 225 g/mol. The van der Waals surface area contributed by atoms with Crippen molar-refractivity contribution in [3.63, 3.8) is 0 Å². The Hall–Kier alpha value is -0.870. The van der Waals surface area contributed by atoms with Crippen molar-refractivity contribution in [1.29, 1.82) is 0 Å². The molecule has 0 amide bonds. The third kappa shape index (κ3) is 4.33. The number of likely N-dealkylation sites (N-methyl/N-ethyl adjacent to an activating group) is 1. The smallest absolute Gasteiger partial charge is 0.0639 e. The lowest BCUT2D eigenvalue weighted by molar-refractivity contribution is 0.150. The van der Waals surface area contributed by atoms with E-state index in [2.05, 4.69) is 23.4 Å². The number of hydrogen-bond donors (Lipinski definition) is 1. The van der Waals surface area contributed by atoms with Gasteiger partial charge in [-0.3, -0.25) is 4.68 Å². The second-order valence-electron chi connectivity index (χ2n) is 4.47. The van der Waals surface area contributed by atoms with Crippen molar-refractivity contribution < 1.29 is 4.74 Å². The molecule has 0 radical (unpaired) electrons. The first-order chi connectivity index (χ1) is 7.65. The first-order valence-corrected chi connectivity index (χ1v) is 5.80.